The molecule has 1 saturated carbocycles. The van der Waals surface area contributed by atoms with Crippen LogP contribution in [-0.2, 0) is 14.5 Å². The number of pyridine rings is 1. The quantitative estimate of drug-likeness (QED) is 0.701. The van der Waals surface area contributed by atoms with Crippen LogP contribution in [-0.4, -0.2) is 56.5 Å². The summed E-state index contributed by atoms with van der Waals surface area (Å²) in [5.74, 6) is 1.72. The molecule has 0 aromatic carbocycles. The van der Waals surface area contributed by atoms with Crippen molar-refractivity contribution in [3.8, 4) is 11.4 Å². The third kappa shape index (κ3) is 4.29. The Morgan fingerprint density at radius 2 is 2.04 bits per heavy atom. The molecule has 2 fully saturated rings. The lowest BCUT2D eigenvalue weighted by molar-refractivity contribution is 0.0985. The summed E-state index contributed by atoms with van der Waals surface area (Å²) in [7, 11) is -2.31. The highest BCUT2D eigenvalue weighted by Gasteiger charge is 2.31. The van der Waals surface area contributed by atoms with Crippen LogP contribution in [0.2, 0.25) is 5.15 Å². The largest absolute Gasteiger partial charge is 0.377 e. The number of halogens is 1. The predicted molar refractivity (Wildman–Crippen MR) is 112 cm³/mol. The lowest BCUT2D eigenvalue weighted by Crippen LogP contribution is -2.44. The van der Waals surface area contributed by atoms with Crippen LogP contribution >= 0.6 is 11.6 Å². The molecule has 0 radical (unpaired) electrons. The standard InChI is InChI=1S/C19H24ClN5O2S/c1-12-8-14(9-16(20)21-12)19-22-17(24-28(3,26)15-4-5-15)10-18(23-19)25-6-7-27-11-13(25)2/h8-10,13,15H,4-7,11H2,1-3H3/t13-,28+/m1/s1. The highest BCUT2D eigenvalue weighted by atomic mass is 35.5. The number of hydrogen-bond acceptors (Lipinski definition) is 7. The van der Waals surface area contributed by atoms with E-state index >= 15 is 0 Å². The van der Waals surface area contributed by atoms with E-state index in [2.05, 4.69) is 26.2 Å². The Labute approximate surface area is 170 Å². The molecule has 2 aliphatic rings. The van der Waals surface area contributed by atoms with Gasteiger partial charge in [0.05, 0.1) is 29.0 Å². The third-order valence-electron chi connectivity index (χ3n) is 4.96. The predicted octanol–water partition coefficient (Wildman–Crippen LogP) is 3.62. The van der Waals surface area contributed by atoms with E-state index in [0.717, 1.165) is 36.5 Å². The van der Waals surface area contributed by atoms with Crippen molar-refractivity contribution in [3.05, 3.63) is 29.0 Å². The molecule has 3 heterocycles. The molecule has 1 saturated heterocycles. The van der Waals surface area contributed by atoms with Gasteiger partial charge in [-0.05, 0) is 38.8 Å². The first-order valence-corrected chi connectivity index (χ1v) is 11.8. The van der Waals surface area contributed by atoms with Gasteiger partial charge < -0.3 is 9.64 Å². The second kappa shape index (κ2) is 7.57. The smallest absolute Gasteiger partial charge is 0.167 e. The number of ether oxygens (including phenoxy) is 1. The minimum absolute atomic E-state index is 0.161. The van der Waals surface area contributed by atoms with Crippen LogP contribution in [0.15, 0.2) is 22.6 Å². The van der Waals surface area contributed by atoms with Gasteiger partial charge in [-0.15, -0.1) is 0 Å². The summed E-state index contributed by atoms with van der Waals surface area (Å²) in [4.78, 5) is 15.8. The normalized spacial score (nSPS) is 22.0. The number of hydrogen-bond donors (Lipinski definition) is 0. The molecule has 4 rings (SSSR count). The number of morpholine rings is 1. The molecule has 2 atom stereocenters. The van der Waals surface area contributed by atoms with E-state index in [4.69, 9.17) is 21.3 Å². The summed E-state index contributed by atoms with van der Waals surface area (Å²) in [6.07, 6.45) is 3.64. The molecular formula is C19H24ClN5O2S. The molecule has 28 heavy (non-hydrogen) atoms. The summed E-state index contributed by atoms with van der Waals surface area (Å²) in [6, 6.07) is 5.64. The van der Waals surface area contributed by atoms with E-state index in [1.54, 1.807) is 12.3 Å². The van der Waals surface area contributed by atoms with E-state index < -0.39 is 9.73 Å². The Kier molecular flexibility index (Phi) is 5.28. The highest BCUT2D eigenvalue weighted by Crippen LogP contribution is 2.33. The van der Waals surface area contributed by atoms with Crippen LogP contribution in [0.4, 0.5) is 11.6 Å². The lowest BCUT2D eigenvalue weighted by atomic mass is 10.2. The summed E-state index contributed by atoms with van der Waals surface area (Å²) in [6.45, 7) is 5.98. The Hall–Kier alpha value is -1.77. The summed E-state index contributed by atoms with van der Waals surface area (Å²) in [5.41, 5.74) is 1.55. The van der Waals surface area contributed by atoms with Gasteiger partial charge in [0.15, 0.2) is 11.6 Å². The van der Waals surface area contributed by atoms with Crippen molar-refractivity contribution in [1.29, 1.82) is 0 Å². The van der Waals surface area contributed by atoms with Gasteiger partial charge in [0.25, 0.3) is 0 Å². The molecule has 0 N–H and O–H groups in total. The molecule has 0 unspecified atom stereocenters. The van der Waals surface area contributed by atoms with E-state index in [9.17, 15) is 4.21 Å². The van der Waals surface area contributed by atoms with Gasteiger partial charge in [-0.3, -0.25) is 0 Å². The average Bonchev–Trinajstić information content (AvgIpc) is 3.46. The minimum atomic E-state index is -2.31. The van der Waals surface area contributed by atoms with Crippen molar-refractivity contribution in [3.63, 3.8) is 0 Å². The van der Waals surface area contributed by atoms with E-state index in [0.29, 0.717) is 30.0 Å². The maximum atomic E-state index is 12.9. The molecule has 0 bridgehead atoms. The zero-order valence-corrected chi connectivity index (χ0v) is 17.8. The van der Waals surface area contributed by atoms with E-state index in [1.165, 1.54) is 0 Å². The van der Waals surface area contributed by atoms with Crippen LogP contribution in [0, 0.1) is 6.92 Å². The topological polar surface area (TPSA) is 80.6 Å². The Balaban J connectivity index is 1.84. The summed E-state index contributed by atoms with van der Waals surface area (Å²) in [5, 5.41) is 0.550. The Morgan fingerprint density at radius 1 is 1.25 bits per heavy atom. The molecule has 1 aliphatic carbocycles. The first-order chi connectivity index (χ1) is 13.3. The zero-order chi connectivity index (χ0) is 19.9. The minimum Gasteiger partial charge on any atom is -0.377 e. The number of nitrogens with zero attached hydrogens (tertiary/aromatic N) is 5. The van der Waals surface area contributed by atoms with Crippen LogP contribution < -0.4 is 4.90 Å². The Bertz CT molecular complexity index is 997. The molecule has 0 amide bonds. The van der Waals surface area contributed by atoms with Crippen LogP contribution in [0.5, 0.6) is 0 Å². The molecule has 2 aromatic rings. The second-order valence-corrected chi connectivity index (χ2v) is 10.5. The molecule has 0 spiro atoms. The maximum Gasteiger partial charge on any atom is 0.167 e. The number of aromatic nitrogens is 3. The first-order valence-electron chi connectivity index (χ1n) is 9.41. The van der Waals surface area contributed by atoms with Gasteiger partial charge in [0, 0.05) is 35.4 Å². The van der Waals surface area contributed by atoms with Crippen LogP contribution in [0.3, 0.4) is 0 Å². The highest BCUT2D eigenvalue weighted by molar-refractivity contribution is 7.93. The maximum absolute atomic E-state index is 12.9. The molecule has 2 aromatic heterocycles. The van der Waals surface area contributed by atoms with Crippen molar-refractivity contribution in [2.75, 3.05) is 30.9 Å². The fourth-order valence-electron chi connectivity index (χ4n) is 3.34. The number of rotatable bonds is 4. The molecule has 150 valence electrons. The van der Waals surface area contributed by atoms with Crippen LogP contribution in [0.1, 0.15) is 25.5 Å². The monoisotopic (exact) mass is 421 g/mol. The fraction of sp³-hybridized carbons (Fsp3) is 0.526. The third-order valence-corrected chi connectivity index (χ3v) is 7.41. The van der Waals surface area contributed by atoms with Crippen molar-refractivity contribution in [1.82, 2.24) is 15.0 Å². The molecule has 7 nitrogen and oxygen atoms in total. The fourth-order valence-corrected chi connectivity index (χ4v) is 5.21. The van der Waals surface area contributed by atoms with Crippen molar-refractivity contribution in [2.24, 2.45) is 4.36 Å². The van der Waals surface area contributed by atoms with Gasteiger partial charge in [0.2, 0.25) is 0 Å². The zero-order valence-electron chi connectivity index (χ0n) is 16.3. The SMILES string of the molecule is Cc1cc(-c2nc(N=[S@@](C)(=O)C3CC3)cc(N3CCOC[C@H]3C)n2)cc(Cl)n1. The second-order valence-electron chi connectivity index (χ2n) is 7.50. The first kappa shape index (κ1) is 19.5. The van der Waals surface area contributed by atoms with Crippen molar-refractivity contribution < 1.29 is 8.95 Å². The van der Waals surface area contributed by atoms with Crippen LogP contribution in [0.25, 0.3) is 11.4 Å². The van der Waals surface area contributed by atoms with Gasteiger partial charge in [-0.2, -0.15) is 4.36 Å². The molecule has 9 heteroatoms. The van der Waals surface area contributed by atoms with E-state index in [-0.39, 0.29) is 11.3 Å². The van der Waals surface area contributed by atoms with Crippen molar-refractivity contribution >= 4 is 33.0 Å². The summed E-state index contributed by atoms with van der Waals surface area (Å²) < 4.78 is 23.0. The van der Waals surface area contributed by atoms with Gasteiger partial charge >= 0.3 is 0 Å². The average molecular weight is 422 g/mol. The molecular weight excluding hydrogens is 398 g/mol. The van der Waals surface area contributed by atoms with E-state index in [1.807, 2.05) is 19.1 Å². The lowest BCUT2D eigenvalue weighted by Gasteiger charge is -2.34. The molecule has 1 aliphatic heterocycles. The number of anilines is 1. The van der Waals surface area contributed by atoms with Gasteiger partial charge in [-0.25, -0.2) is 19.2 Å². The number of aryl methyl sites for hydroxylation is 1. The van der Waals surface area contributed by atoms with Gasteiger partial charge in [0.1, 0.15) is 11.0 Å². The van der Waals surface area contributed by atoms with Crippen molar-refractivity contribution in [2.45, 2.75) is 38.0 Å². The Morgan fingerprint density at radius 3 is 2.71 bits per heavy atom. The van der Waals surface area contributed by atoms with Gasteiger partial charge in [-0.1, -0.05) is 11.6 Å². The summed E-state index contributed by atoms with van der Waals surface area (Å²) >= 11 is 6.14.